The van der Waals surface area contributed by atoms with E-state index in [0.29, 0.717) is 12.8 Å². The van der Waals surface area contributed by atoms with Crippen LogP contribution in [0.2, 0.25) is 0 Å². The van der Waals surface area contributed by atoms with Crippen LogP contribution in [-0.4, -0.2) is 35.8 Å². The molecular formula is C19H23NO3. The molecule has 1 aromatic carbocycles. The van der Waals surface area contributed by atoms with Gasteiger partial charge < -0.3 is 14.4 Å². The molecule has 3 rings (SSSR count). The minimum atomic E-state index is -0.384. The normalized spacial score (nSPS) is 24.9. The fourth-order valence-corrected chi connectivity index (χ4v) is 3.91. The third-order valence-electron chi connectivity index (χ3n) is 5.12. The maximum atomic E-state index is 12.5. The lowest BCUT2D eigenvalue weighted by Crippen LogP contribution is -2.53. The molecule has 1 spiro atoms. The Morgan fingerprint density at radius 1 is 1.26 bits per heavy atom. The van der Waals surface area contributed by atoms with Crippen LogP contribution in [0.4, 0.5) is 0 Å². The summed E-state index contributed by atoms with van der Waals surface area (Å²) in [5.74, 6) is 0.911. The average Bonchev–Trinajstić information content (AvgIpc) is 2.90. The lowest BCUT2D eigenvalue weighted by molar-refractivity contribution is -0.137. The molecule has 1 amide bonds. The molecule has 4 heteroatoms. The van der Waals surface area contributed by atoms with Gasteiger partial charge in [0.1, 0.15) is 12.0 Å². The van der Waals surface area contributed by atoms with Crippen LogP contribution >= 0.6 is 0 Å². The van der Waals surface area contributed by atoms with E-state index in [9.17, 15) is 9.59 Å². The van der Waals surface area contributed by atoms with Crippen LogP contribution in [0.25, 0.3) is 0 Å². The molecule has 0 N–H and O–H groups in total. The fraction of sp³-hybridized carbons (Fsp3) is 0.474. The third-order valence-corrected chi connectivity index (χ3v) is 5.12. The minimum absolute atomic E-state index is 0.117. The SMILES string of the molecule is COc1ccc(C[C@@H](C=O)N2C(=O)CCC23CC=CCC3)cc1. The van der Waals surface area contributed by atoms with E-state index in [0.717, 1.165) is 43.3 Å². The summed E-state index contributed by atoms with van der Waals surface area (Å²) in [5, 5.41) is 0. The Bertz CT molecular complexity index is 604. The second kappa shape index (κ2) is 6.57. The average molecular weight is 313 g/mol. The molecule has 1 aliphatic carbocycles. The van der Waals surface area contributed by atoms with Crippen molar-refractivity contribution in [2.24, 2.45) is 0 Å². The van der Waals surface area contributed by atoms with Gasteiger partial charge in [-0.15, -0.1) is 0 Å². The van der Waals surface area contributed by atoms with Crippen molar-refractivity contribution in [1.82, 2.24) is 4.90 Å². The van der Waals surface area contributed by atoms with Crippen LogP contribution in [0.3, 0.4) is 0 Å². The zero-order valence-electron chi connectivity index (χ0n) is 13.5. The van der Waals surface area contributed by atoms with Gasteiger partial charge in [-0.1, -0.05) is 24.3 Å². The van der Waals surface area contributed by atoms with Crippen LogP contribution in [-0.2, 0) is 16.0 Å². The van der Waals surface area contributed by atoms with Crippen molar-refractivity contribution in [3.8, 4) is 5.75 Å². The van der Waals surface area contributed by atoms with Gasteiger partial charge in [-0.05, 0) is 49.8 Å². The molecule has 0 bridgehead atoms. The summed E-state index contributed by atoms with van der Waals surface area (Å²) < 4.78 is 5.17. The molecule has 4 nitrogen and oxygen atoms in total. The summed E-state index contributed by atoms with van der Waals surface area (Å²) in [4.78, 5) is 26.1. The Labute approximate surface area is 137 Å². The predicted molar refractivity (Wildman–Crippen MR) is 88.4 cm³/mol. The number of hydrogen-bond donors (Lipinski definition) is 0. The number of carbonyl (C=O) groups excluding carboxylic acids is 2. The number of aldehydes is 1. The smallest absolute Gasteiger partial charge is 0.223 e. The van der Waals surface area contributed by atoms with E-state index in [2.05, 4.69) is 12.2 Å². The Morgan fingerprint density at radius 2 is 2.04 bits per heavy atom. The van der Waals surface area contributed by atoms with Crippen molar-refractivity contribution < 1.29 is 14.3 Å². The lowest BCUT2D eigenvalue weighted by atomic mass is 9.82. The van der Waals surface area contributed by atoms with Gasteiger partial charge in [0.05, 0.1) is 13.2 Å². The van der Waals surface area contributed by atoms with Crippen LogP contribution < -0.4 is 4.74 Å². The molecule has 122 valence electrons. The van der Waals surface area contributed by atoms with Crippen molar-refractivity contribution in [1.29, 1.82) is 0 Å². The number of allylic oxidation sites excluding steroid dienone is 1. The summed E-state index contributed by atoms with van der Waals surface area (Å²) in [5.41, 5.74) is 0.897. The van der Waals surface area contributed by atoms with Crippen LogP contribution in [0.15, 0.2) is 36.4 Å². The Balaban J connectivity index is 1.81. The zero-order chi connectivity index (χ0) is 16.3. The first kappa shape index (κ1) is 15.8. The Hall–Kier alpha value is -2.10. The van der Waals surface area contributed by atoms with E-state index in [1.807, 2.05) is 29.2 Å². The summed E-state index contributed by atoms with van der Waals surface area (Å²) in [7, 11) is 1.63. The second-order valence-corrected chi connectivity index (χ2v) is 6.46. The van der Waals surface area contributed by atoms with Crippen LogP contribution in [0.5, 0.6) is 5.75 Å². The van der Waals surface area contributed by atoms with E-state index in [1.165, 1.54) is 0 Å². The first-order valence-electron chi connectivity index (χ1n) is 8.24. The molecule has 1 saturated heterocycles. The number of carbonyl (C=O) groups is 2. The summed E-state index contributed by atoms with van der Waals surface area (Å²) in [6, 6.07) is 7.32. The third kappa shape index (κ3) is 3.03. The highest BCUT2D eigenvalue weighted by Crippen LogP contribution is 2.41. The number of nitrogens with zero attached hydrogens (tertiary/aromatic N) is 1. The number of ether oxygens (including phenoxy) is 1. The quantitative estimate of drug-likeness (QED) is 0.620. The molecule has 1 unspecified atom stereocenters. The van der Waals surface area contributed by atoms with E-state index in [-0.39, 0.29) is 17.5 Å². The van der Waals surface area contributed by atoms with Gasteiger partial charge in [-0.25, -0.2) is 0 Å². The molecular weight excluding hydrogens is 290 g/mol. The molecule has 2 atom stereocenters. The predicted octanol–water partition coefficient (Wildman–Crippen LogP) is 2.91. The van der Waals surface area contributed by atoms with E-state index >= 15 is 0 Å². The minimum Gasteiger partial charge on any atom is -0.497 e. The van der Waals surface area contributed by atoms with E-state index in [1.54, 1.807) is 7.11 Å². The molecule has 2 aliphatic rings. The molecule has 0 aromatic heterocycles. The fourth-order valence-electron chi connectivity index (χ4n) is 3.91. The highest BCUT2D eigenvalue weighted by atomic mass is 16.5. The number of methoxy groups -OCH3 is 1. The standard InChI is InChI=1S/C19H23NO3/c1-23-17-7-5-15(6-8-17)13-16(14-21)20-18(22)9-12-19(20)10-3-2-4-11-19/h2-3,5-8,14,16H,4,9-13H2,1H3/t16-,19?/m0/s1. The number of rotatable bonds is 5. The van der Waals surface area contributed by atoms with E-state index < -0.39 is 0 Å². The Kier molecular flexibility index (Phi) is 4.51. The van der Waals surface area contributed by atoms with Crippen molar-refractivity contribution >= 4 is 12.2 Å². The summed E-state index contributed by atoms with van der Waals surface area (Å²) in [6.45, 7) is 0. The molecule has 0 radical (unpaired) electrons. The van der Waals surface area contributed by atoms with Gasteiger partial charge in [-0.3, -0.25) is 4.79 Å². The maximum Gasteiger partial charge on any atom is 0.223 e. The van der Waals surface area contributed by atoms with Gasteiger partial charge >= 0.3 is 0 Å². The van der Waals surface area contributed by atoms with Crippen molar-refractivity contribution in [3.05, 3.63) is 42.0 Å². The highest BCUT2D eigenvalue weighted by molar-refractivity contribution is 5.83. The van der Waals surface area contributed by atoms with Crippen LogP contribution in [0.1, 0.15) is 37.7 Å². The van der Waals surface area contributed by atoms with Crippen LogP contribution in [0, 0.1) is 0 Å². The molecule has 0 saturated carbocycles. The van der Waals surface area contributed by atoms with E-state index in [4.69, 9.17) is 4.74 Å². The Morgan fingerprint density at radius 3 is 2.65 bits per heavy atom. The van der Waals surface area contributed by atoms with Crippen molar-refractivity contribution in [2.45, 2.75) is 50.1 Å². The summed E-state index contributed by atoms with van der Waals surface area (Å²) in [6.07, 6.45) is 10.1. The number of amides is 1. The number of benzene rings is 1. The second-order valence-electron chi connectivity index (χ2n) is 6.46. The van der Waals surface area contributed by atoms with Gasteiger partial charge in [0, 0.05) is 12.0 Å². The van der Waals surface area contributed by atoms with Gasteiger partial charge in [-0.2, -0.15) is 0 Å². The number of likely N-dealkylation sites (tertiary alicyclic amines) is 1. The van der Waals surface area contributed by atoms with Crippen molar-refractivity contribution in [2.75, 3.05) is 7.11 Å². The monoisotopic (exact) mass is 313 g/mol. The molecule has 1 aromatic rings. The first-order valence-corrected chi connectivity index (χ1v) is 8.24. The lowest BCUT2D eigenvalue weighted by Gasteiger charge is -2.42. The molecule has 1 heterocycles. The molecule has 23 heavy (non-hydrogen) atoms. The highest BCUT2D eigenvalue weighted by Gasteiger charge is 2.47. The summed E-state index contributed by atoms with van der Waals surface area (Å²) >= 11 is 0. The molecule has 1 aliphatic heterocycles. The van der Waals surface area contributed by atoms with Crippen molar-refractivity contribution in [3.63, 3.8) is 0 Å². The topological polar surface area (TPSA) is 46.6 Å². The molecule has 1 fully saturated rings. The van der Waals surface area contributed by atoms with Gasteiger partial charge in [0.2, 0.25) is 5.91 Å². The number of hydrogen-bond acceptors (Lipinski definition) is 3. The largest absolute Gasteiger partial charge is 0.497 e. The first-order chi connectivity index (χ1) is 11.2. The maximum absolute atomic E-state index is 12.5. The zero-order valence-corrected chi connectivity index (χ0v) is 13.5. The van der Waals surface area contributed by atoms with Gasteiger partial charge in [0.15, 0.2) is 0 Å². The van der Waals surface area contributed by atoms with Gasteiger partial charge in [0.25, 0.3) is 0 Å².